The molecule has 0 saturated heterocycles. The molecule has 3 nitrogen and oxygen atoms in total. The molecule has 0 saturated carbocycles. The molecule has 0 aliphatic rings. The van der Waals surface area contributed by atoms with Gasteiger partial charge in [-0.25, -0.2) is 9.98 Å². The zero-order valence-electron chi connectivity index (χ0n) is 8.26. The molecule has 1 heterocycles. The lowest BCUT2D eigenvalue weighted by atomic mass is 10.3. The van der Waals surface area contributed by atoms with E-state index in [-0.39, 0.29) is 0 Å². The number of aliphatic imine (C=N–C) groups is 1. The van der Waals surface area contributed by atoms with Gasteiger partial charge in [0.1, 0.15) is 12.2 Å². The van der Waals surface area contributed by atoms with Gasteiger partial charge >= 0.3 is 0 Å². The predicted octanol–water partition coefficient (Wildman–Crippen LogP) is 3.24. The zero-order valence-corrected chi connectivity index (χ0v) is 9.85. The first kappa shape index (κ1) is 10.1. The summed E-state index contributed by atoms with van der Waals surface area (Å²) in [6.07, 6.45) is 5.34. The Morgan fingerprint density at radius 2 is 2.07 bits per heavy atom. The summed E-state index contributed by atoms with van der Waals surface area (Å²) in [4.78, 5) is 8.44. The molecule has 76 valence electrons. The van der Waals surface area contributed by atoms with E-state index in [0.29, 0.717) is 0 Å². The molecular formula is C11H10BrN3. The molecule has 1 aromatic heterocycles. The number of nitrogens with zero attached hydrogens (tertiary/aromatic N) is 3. The molecule has 0 aliphatic carbocycles. The second-order valence-electron chi connectivity index (χ2n) is 3.11. The van der Waals surface area contributed by atoms with Crippen LogP contribution in [0.3, 0.4) is 0 Å². The van der Waals surface area contributed by atoms with Crippen LogP contribution in [-0.4, -0.2) is 15.4 Å². The Bertz CT molecular complexity index is 457. The molecular weight excluding hydrogens is 254 g/mol. The van der Waals surface area contributed by atoms with Crippen LogP contribution < -0.4 is 0 Å². The van der Waals surface area contributed by atoms with Crippen LogP contribution in [0.1, 0.15) is 6.92 Å². The van der Waals surface area contributed by atoms with Gasteiger partial charge in [-0.1, -0.05) is 15.9 Å². The van der Waals surface area contributed by atoms with Crippen molar-refractivity contribution >= 4 is 27.5 Å². The summed E-state index contributed by atoms with van der Waals surface area (Å²) in [7, 11) is 0. The lowest BCUT2D eigenvalue weighted by Gasteiger charge is -2.00. The number of benzene rings is 1. The van der Waals surface area contributed by atoms with Gasteiger partial charge in [0.2, 0.25) is 0 Å². The standard InChI is InChI=1S/C11H10BrN3/c1-9(15-7-6-13-8-15)14-11-4-2-10(12)3-5-11/h2-8H,1H3/b14-9+. The van der Waals surface area contributed by atoms with E-state index in [9.17, 15) is 0 Å². The highest BCUT2D eigenvalue weighted by Crippen LogP contribution is 2.17. The van der Waals surface area contributed by atoms with Gasteiger partial charge in [0.15, 0.2) is 0 Å². The third-order valence-electron chi connectivity index (χ3n) is 2.00. The first-order valence-electron chi connectivity index (χ1n) is 4.55. The normalized spacial score (nSPS) is 11.7. The second kappa shape index (κ2) is 4.40. The number of aromatic nitrogens is 2. The van der Waals surface area contributed by atoms with E-state index in [2.05, 4.69) is 25.9 Å². The van der Waals surface area contributed by atoms with Crippen LogP contribution in [-0.2, 0) is 0 Å². The summed E-state index contributed by atoms with van der Waals surface area (Å²) in [6.45, 7) is 1.95. The summed E-state index contributed by atoms with van der Waals surface area (Å²) >= 11 is 3.39. The Morgan fingerprint density at radius 3 is 2.67 bits per heavy atom. The number of hydrogen-bond acceptors (Lipinski definition) is 2. The highest BCUT2D eigenvalue weighted by Gasteiger charge is 1.95. The summed E-state index contributed by atoms with van der Waals surface area (Å²) in [5.74, 6) is 0.898. The van der Waals surface area contributed by atoms with Crippen molar-refractivity contribution in [1.29, 1.82) is 0 Å². The lowest BCUT2D eigenvalue weighted by Crippen LogP contribution is -2.03. The van der Waals surface area contributed by atoms with Crippen LogP contribution in [0, 0.1) is 0 Å². The molecule has 15 heavy (non-hydrogen) atoms. The fraction of sp³-hybridized carbons (Fsp3) is 0.0909. The van der Waals surface area contributed by atoms with Gasteiger partial charge in [0.05, 0.1) is 5.69 Å². The largest absolute Gasteiger partial charge is 0.294 e. The van der Waals surface area contributed by atoms with Crippen molar-refractivity contribution < 1.29 is 0 Å². The van der Waals surface area contributed by atoms with Crippen molar-refractivity contribution in [2.45, 2.75) is 6.92 Å². The number of rotatable bonds is 1. The van der Waals surface area contributed by atoms with Crippen molar-refractivity contribution in [1.82, 2.24) is 9.55 Å². The quantitative estimate of drug-likeness (QED) is 0.574. The van der Waals surface area contributed by atoms with E-state index in [0.717, 1.165) is 16.0 Å². The average molecular weight is 264 g/mol. The zero-order chi connectivity index (χ0) is 10.7. The summed E-state index contributed by atoms with van der Waals surface area (Å²) in [5.41, 5.74) is 0.935. The predicted molar refractivity (Wildman–Crippen MR) is 64.5 cm³/mol. The van der Waals surface area contributed by atoms with Gasteiger partial charge in [-0.3, -0.25) is 4.57 Å². The molecule has 2 aromatic rings. The molecule has 0 fully saturated rings. The minimum absolute atomic E-state index is 0.898. The van der Waals surface area contributed by atoms with Crippen molar-refractivity contribution in [3.05, 3.63) is 47.5 Å². The van der Waals surface area contributed by atoms with E-state index in [4.69, 9.17) is 0 Å². The molecule has 0 unspecified atom stereocenters. The average Bonchev–Trinajstić information content (AvgIpc) is 2.74. The van der Waals surface area contributed by atoms with Gasteiger partial charge in [-0.2, -0.15) is 0 Å². The van der Waals surface area contributed by atoms with Crippen molar-refractivity contribution in [2.24, 2.45) is 4.99 Å². The van der Waals surface area contributed by atoms with Crippen LogP contribution in [0.25, 0.3) is 0 Å². The smallest absolute Gasteiger partial charge is 0.111 e. The Morgan fingerprint density at radius 1 is 1.33 bits per heavy atom. The van der Waals surface area contributed by atoms with Crippen molar-refractivity contribution in [3.8, 4) is 0 Å². The summed E-state index contributed by atoms with van der Waals surface area (Å²) < 4.78 is 2.93. The summed E-state index contributed by atoms with van der Waals surface area (Å²) in [5, 5.41) is 0. The third-order valence-corrected chi connectivity index (χ3v) is 2.52. The second-order valence-corrected chi connectivity index (χ2v) is 4.02. The number of imidazole rings is 1. The van der Waals surface area contributed by atoms with Gasteiger partial charge in [-0.15, -0.1) is 0 Å². The van der Waals surface area contributed by atoms with E-state index >= 15 is 0 Å². The Hall–Kier alpha value is -1.42. The Balaban J connectivity index is 2.27. The first-order valence-corrected chi connectivity index (χ1v) is 5.34. The van der Waals surface area contributed by atoms with E-state index in [1.54, 1.807) is 12.5 Å². The molecule has 0 spiro atoms. The van der Waals surface area contributed by atoms with Gasteiger partial charge in [0, 0.05) is 16.9 Å². The van der Waals surface area contributed by atoms with Crippen LogP contribution in [0.15, 0.2) is 52.5 Å². The van der Waals surface area contributed by atoms with E-state index < -0.39 is 0 Å². The Kier molecular flexibility index (Phi) is 2.97. The van der Waals surface area contributed by atoms with Crippen LogP contribution in [0.5, 0.6) is 0 Å². The molecule has 0 amide bonds. The molecule has 4 heteroatoms. The van der Waals surface area contributed by atoms with Crippen molar-refractivity contribution in [2.75, 3.05) is 0 Å². The number of hydrogen-bond donors (Lipinski definition) is 0. The maximum atomic E-state index is 4.46. The van der Waals surface area contributed by atoms with Crippen LogP contribution in [0.4, 0.5) is 5.69 Å². The molecule has 1 aromatic carbocycles. The van der Waals surface area contributed by atoms with Crippen LogP contribution >= 0.6 is 15.9 Å². The topological polar surface area (TPSA) is 30.2 Å². The lowest BCUT2D eigenvalue weighted by molar-refractivity contribution is 1.11. The molecule has 0 radical (unpaired) electrons. The molecule has 2 rings (SSSR count). The fourth-order valence-corrected chi connectivity index (χ4v) is 1.48. The van der Waals surface area contributed by atoms with E-state index in [1.807, 2.05) is 42.0 Å². The monoisotopic (exact) mass is 263 g/mol. The van der Waals surface area contributed by atoms with Gasteiger partial charge in [0.25, 0.3) is 0 Å². The third kappa shape index (κ3) is 2.53. The maximum absolute atomic E-state index is 4.46. The number of halogens is 1. The summed E-state index contributed by atoms with van der Waals surface area (Å²) in [6, 6.07) is 7.87. The molecule has 0 bridgehead atoms. The SMILES string of the molecule is C/C(=N\c1ccc(Br)cc1)n1ccnc1. The Labute approximate surface area is 96.6 Å². The van der Waals surface area contributed by atoms with Gasteiger partial charge < -0.3 is 0 Å². The van der Waals surface area contributed by atoms with Gasteiger partial charge in [-0.05, 0) is 31.2 Å². The first-order chi connectivity index (χ1) is 7.25. The fourth-order valence-electron chi connectivity index (χ4n) is 1.21. The van der Waals surface area contributed by atoms with Crippen molar-refractivity contribution in [3.63, 3.8) is 0 Å². The highest BCUT2D eigenvalue weighted by atomic mass is 79.9. The minimum Gasteiger partial charge on any atom is -0.294 e. The van der Waals surface area contributed by atoms with Crippen LogP contribution in [0.2, 0.25) is 0 Å². The molecule has 0 N–H and O–H groups in total. The molecule has 0 aliphatic heterocycles. The maximum Gasteiger partial charge on any atom is 0.111 e. The minimum atomic E-state index is 0.898. The highest BCUT2D eigenvalue weighted by molar-refractivity contribution is 9.10. The molecule has 0 atom stereocenters. The van der Waals surface area contributed by atoms with E-state index in [1.165, 1.54) is 0 Å².